The molecule has 4 aromatic rings. The zero-order valence-corrected chi connectivity index (χ0v) is 16.7. The van der Waals surface area contributed by atoms with Crippen molar-refractivity contribution in [3.63, 3.8) is 0 Å². The van der Waals surface area contributed by atoms with Crippen molar-refractivity contribution < 1.29 is 4.79 Å². The smallest absolute Gasteiger partial charge is 0.293 e. The second kappa shape index (κ2) is 7.26. The first-order valence-corrected chi connectivity index (χ1v) is 10.1. The summed E-state index contributed by atoms with van der Waals surface area (Å²) in [5.41, 5.74) is 5.01. The van der Waals surface area contributed by atoms with Crippen molar-refractivity contribution in [1.29, 1.82) is 0 Å². The van der Waals surface area contributed by atoms with Gasteiger partial charge in [0.25, 0.3) is 5.56 Å². The number of amides is 1. The molecule has 2 aromatic heterocycles. The Balaban J connectivity index is 1.44. The predicted molar refractivity (Wildman–Crippen MR) is 115 cm³/mol. The normalized spacial score (nSPS) is 13.0. The average Bonchev–Trinajstić information content (AvgIpc) is 3.41. The van der Waals surface area contributed by atoms with Gasteiger partial charge < -0.3 is 4.90 Å². The lowest BCUT2D eigenvalue weighted by Gasteiger charge is -2.17. The quantitative estimate of drug-likeness (QED) is 0.529. The molecule has 150 valence electrons. The van der Waals surface area contributed by atoms with E-state index in [9.17, 15) is 9.59 Å². The van der Waals surface area contributed by atoms with Crippen LogP contribution in [0.2, 0.25) is 0 Å². The summed E-state index contributed by atoms with van der Waals surface area (Å²) in [6, 6.07) is 17.7. The second-order valence-electron chi connectivity index (χ2n) is 7.43. The van der Waals surface area contributed by atoms with Crippen molar-refractivity contribution in [2.75, 3.05) is 11.4 Å². The minimum absolute atomic E-state index is 0.102. The molecule has 7 heteroatoms. The van der Waals surface area contributed by atoms with Gasteiger partial charge in [-0.25, -0.2) is 9.20 Å². The van der Waals surface area contributed by atoms with Gasteiger partial charge in [-0.05, 0) is 36.1 Å². The minimum Gasteiger partial charge on any atom is -0.310 e. The van der Waals surface area contributed by atoms with Crippen molar-refractivity contribution in [3.8, 4) is 11.3 Å². The van der Waals surface area contributed by atoms with Gasteiger partial charge in [0.2, 0.25) is 5.91 Å². The lowest BCUT2D eigenvalue weighted by atomic mass is 10.1. The molecule has 0 atom stereocenters. The van der Waals surface area contributed by atoms with E-state index in [1.165, 1.54) is 21.1 Å². The lowest BCUT2D eigenvalue weighted by molar-refractivity contribution is -0.119. The molecule has 0 radical (unpaired) electrons. The van der Waals surface area contributed by atoms with E-state index in [0.29, 0.717) is 17.8 Å². The highest BCUT2D eigenvalue weighted by Crippen LogP contribution is 2.27. The topological polar surface area (TPSA) is 72.5 Å². The molecule has 2 aromatic carbocycles. The Morgan fingerprint density at radius 3 is 2.70 bits per heavy atom. The van der Waals surface area contributed by atoms with Crippen LogP contribution in [-0.2, 0) is 24.2 Å². The van der Waals surface area contributed by atoms with E-state index in [0.717, 1.165) is 29.7 Å². The summed E-state index contributed by atoms with van der Waals surface area (Å²) in [7, 11) is 0. The number of carbonyl (C=O) groups is 1. The van der Waals surface area contributed by atoms with Gasteiger partial charge in [0.05, 0.1) is 5.69 Å². The Hall–Kier alpha value is -3.74. The van der Waals surface area contributed by atoms with Crippen molar-refractivity contribution in [1.82, 2.24) is 19.4 Å². The third-order valence-electron chi connectivity index (χ3n) is 5.62. The monoisotopic (exact) mass is 399 g/mol. The summed E-state index contributed by atoms with van der Waals surface area (Å²) < 4.78 is 2.68. The minimum atomic E-state index is -0.331. The molecule has 1 amide bonds. The zero-order valence-electron chi connectivity index (χ0n) is 16.7. The molecule has 0 spiro atoms. The molecule has 0 N–H and O–H groups in total. The Labute approximate surface area is 173 Å². The van der Waals surface area contributed by atoms with Gasteiger partial charge in [-0.1, -0.05) is 49.4 Å². The summed E-state index contributed by atoms with van der Waals surface area (Å²) in [6.07, 6.45) is 3.27. The molecular formula is C23H21N5O2. The molecule has 0 fully saturated rings. The van der Waals surface area contributed by atoms with Gasteiger partial charge >= 0.3 is 0 Å². The summed E-state index contributed by atoms with van der Waals surface area (Å²) in [6.45, 7) is 2.63. The van der Waals surface area contributed by atoms with Crippen LogP contribution in [0.3, 0.4) is 0 Å². The van der Waals surface area contributed by atoms with Crippen LogP contribution < -0.4 is 10.5 Å². The number of para-hydroxylation sites is 1. The number of aryl methyl sites for hydroxylation is 1. The summed E-state index contributed by atoms with van der Waals surface area (Å²) in [5, 5.41) is 8.64. The van der Waals surface area contributed by atoms with Crippen LogP contribution in [-0.4, -0.2) is 31.8 Å². The molecule has 0 unspecified atom stereocenters. The molecule has 0 saturated heterocycles. The SMILES string of the molecule is CCc1ccc(-c2cc3c(=O)n(CC(=O)N4CCc5ccccc54)ncn3n2)cc1. The summed E-state index contributed by atoms with van der Waals surface area (Å²) >= 11 is 0. The third-order valence-corrected chi connectivity index (χ3v) is 5.62. The molecule has 0 bridgehead atoms. The van der Waals surface area contributed by atoms with Crippen LogP contribution in [0.25, 0.3) is 16.8 Å². The lowest BCUT2D eigenvalue weighted by Crippen LogP contribution is -2.36. The van der Waals surface area contributed by atoms with E-state index >= 15 is 0 Å². The van der Waals surface area contributed by atoms with Crippen molar-refractivity contribution in [2.45, 2.75) is 26.3 Å². The highest BCUT2D eigenvalue weighted by Gasteiger charge is 2.25. The first kappa shape index (κ1) is 18.3. The molecule has 1 aliphatic rings. The van der Waals surface area contributed by atoms with Crippen LogP contribution >= 0.6 is 0 Å². The molecule has 0 aliphatic carbocycles. The van der Waals surface area contributed by atoms with Gasteiger partial charge in [-0.2, -0.15) is 10.2 Å². The van der Waals surface area contributed by atoms with Crippen molar-refractivity contribution in [3.05, 3.63) is 82.4 Å². The van der Waals surface area contributed by atoms with E-state index in [2.05, 4.69) is 29.3 Å². The van der Waals surface area contributed by atoms with E-state index < -0.39 is 0 Å². The number of rotatable bonds is 4. The summed E-state index contributed by atoms with van der Waals surface area (Å²) in [4.78, 5) is 27.5. The first-order chi connectivity index (χ1) is 14.6. The Bertz CT molecular complexity index is 1300. The number of anilines is 1. The largest absolute Gasteiger partial charge is 0.310 e. The molecule has 1 aliphatic heterocycles. The highest BCUT2D eigenvalue weighted by atomic mass is 16.2. The van der Waals surface area contributed by atoms with Crippen molar-refractivity contribution >= 4 is 17.1 Å². The summed E-state index contributed by atoms with van der Waals surface area (Å²) in [5.74, 6) is -0.145. The fraction of sp³-hybridized carbons (Fsp3) is 0.217. The molecular weight excluding hydrogens is 378 g/mol. The first-order valence-electron chi connectivity index (χ1n) is 10.1. The highest BCUT2D eigenvalue weighted by molar-refractivity contribution is 5.95. The van der Waals surface area contributed by atoms with E-state index in [4.69, 9.17) is 0 Å². The van der Waals surface area contributed by atoms with Crippen molar-refractivity contribution in [2.24, 2.45) is 0 Å². The number of fused-ring (bicyclic) bond motifs is 2. The number of aromatic nitrogens is 4. The van der Waals surface area contributed by atoms with Crippen LogP contribution in [0.5, 0.6) is 0 Å². The van der Waals surface area contributed by atoms with Crippen LogP contribution in [0.15, 0.2) is 65.7 Å². The standard InChI is InChI=1S/C23H21N5O2/c1-2-16-7-9-17(10-8-16)19-13-21-23(30)27(24-15-28(21)25-19)14-22(29)26-12-11-18-5-3-4-6-20(18)26/h3-10,13,15H,2,11-12,14H2,1H3. The Morgan fingerprint density at radius 1 is 1.10 bits per heavy atom. The average molecular weight is 399 g/mol. The molecule has 30 heavy (non-hydrogen) atoms. The Morgan fingerprint density at radius 2 is 1.90 bits per heavy atom. The van der Waals surface area contributed by atoms with Crippen LogP contribution in [0.1, 0.15) is 18.1 Å². The predicted octanol–water partition coefficient (Wildman–Crippen LogP) is 2.71. The van der Waals surface area contributed by atoms with Gasteiger partial charge in [-0.15, -0.1) is 0 Å². The Kier molecular flexibility index (Phi) is 4.43. The van der Waals surface area contributed by atoms with E-state index in [-0.39, 0.29) is 18.0 Å². The van der Waals surface area contributed by atoms with E-state index in [1.54, 1.807) is 11.0 Å². The molecule has 3 heterocycles. The molecule has 0 saturated carbocycles. The zero-order chi connectivity index (χ0) is 20.7. The van der Waals surface area contributed by atoms with Crippen LogP contribution in [0.4, 0.5) is 5.69 Å². The maximum absolute atomic E-state index is 12.9. The number of nitrogens with zero attached hydrogens (tertiary/aromatic N) is 5. The van der Waals surface area contributed by atoms with E-state index in [1.807, 2.05) is 36.4 Å². The van der Waals surface area contributed by atoms with Crippen LogP contribution in [0, 0.1) is 0 Å². The van der Waals surface area contributed by atoms with Gasteiger partial charge in [0, 0.05) is 17.8 Å². The molecule has 7 nitrogen and oxygen atoms in total. The fourth-order valence-electron chi connectivity index (χ4n) is 3.91. The number of benzene rings is 2. The van der Waals surface area contributed by atoms with Gasteiger partial charge in [0.15, 0.2) is 0 Å². The maximum atomic E-state index is 12.9. The fourth-order valence-corrected chi connectivity index (χ4v) is 3.91. The van der Waals surface area contributed by atoms with Gasteiger partial charge in [0.1, 0.15) is 18.4 Å². The number of hydrogen-bond donors (Lipinski definition) is 0. The number of hydrogen-bond acceptors (Lipinski definition) is 4. The molecule has 5 rings (SSSR count). The maximum Gasteiger partial charge on any atom is 0.293 e. The third kappa shape index (κ3) is 3.08. The number of carbonyl (C=O) groups excluding carboxylic acids is 1. The van der Waals surface area contributed by atoms with Gasteiger partial charge in [-0.3, -0.25) is 9.59 Å². The second-order valence-corrected chi connectivity index (χ2v) is 7.43.